The molecule has 2 atom stereocenters. The van der Waals surface area contributed by atoms with Crippen molar-refractivity contribution in [1.82, 2.24) is 10.2 Å². The van der Waals surface area contributed by atoms with Crippen LogP contribution in [0.2, 0.25) is 0 Å². The molecule has 1 aliphatic heterocycles. The molecule has 0 aromatic carbocycles. The number of piperidine rings is 1. The highest BCUT2D eigenvalue weighted by Crippen LogP contribution is 2.43. The molecule has 5 heteroatoms. The molecule has 1 saturated heterocycles. The monoisotopic (exact) mass is 280 g/mol. The second-order valence-corrected chi connectivity index (χ2v) is 7.50. The number of ether oxygens (including phenoxy) is 1. The Labute approximate surface area is 120 Å². The van der Waals surface area contributed by atoms with Gasteiger partial charge in [-0.3, -0.25) is 4.79 Å². The number of hydrogen-bond acceptors (Lipinski definition) is 3. The Balaban J connectivity index is 1.61. The van der Waals surface area contributed by atoms with Gasteiger partial charge in [0.15, 0.2) is 0 Å². The van der Waals surface area contributed by atoms with E-state index in [-0.39, 0.29) is 5.91 Å². The second kappa shape index (κ2) is 4.37. The molecule has 2 amide bonds. The number of likely N-dealkylation sites (tertiary alicyclic amines) is 1. The van der Waals surface area contributed by atoms with Crippen LogP contribution in [0.3, 0.4) is 0 Å². The lowest BCUT2D eigenvalue weighted by atomic mass is 10.1. The van der Waals surface area contributed by atoms with E-state index in [0.717, 1.165) is 32.2 Å². The fraction of sp³-hybridized carbons (Fsp3) is 0.867. The maximum atomic E-state index is 12.7. The van der Waals surface area contributed by atoms with Crippen molar-refractivity contribution in [2.75, 3.05) is 6.54 Å². The molecule has 2 saturated carbocycles. The van der Waals surface area contributed by atoms with Crippen molar-refractivity contribution in [3.05, 3.63) is 0 Å². The summed E-state index contributed by atoms with van der Waals surface area (Å²) in [6.07, 6.45) is 4.51. The lowest BCUT2D eigenvalue weighted by Crippen LogP contribution is -2.53. The van der Waals surface area contributed by atoms with Gasteiger partial charge in [-0.25, -0.2) is 4.79 Å². The Morgan fingerprint density at radius 1 is 1.25 bits per heavy atom. The smallest absolute Gasteiger partial charge is 0.408 e. The molecule has 2 unspecified atom stereocenters. The van der Waals surface area contributed by atoms with Crippen LogP contribution in [-0.4, -0.2) is 40.6 Å². The van der Waals surface area contributed by atoms with Crippen LogP contribution in [0.15, 0.2) is 0 Å². The predicted molar refractivity (Wildman–Crippen MR) is 74.2 cm³/mol. The van der Waals surface area contributed by atoms with Gasteiger partial charge in [0.2, 0.25) is 5.91 Å². The Morgan fingerprint density at radius 2 is 1.95 bits per heavy atom. The molecule has 0 aromatic rings. The maximum absolute atomic E-state index is 12.7. The fourth-order valence-corrected chi connectivity index (χ4v) is 3.46. The first kappa shape index (κ1) is 13.7. The summed E-state index contributed by atoms with van der Waals surface area (Å²) < 4.78 is 5.27. The SMILES string of the molecule is CC(C)(C)OC(=O)NC1(C(=O)N2CC3CCC2C3)CC1. The molecule has 3 aliphatic rings. The van der Waals surface area contributed by atoms with E-state index >= 15 is 0 Å². The Kier molecular flexibility index (Phi) is 2.99. The highest BCUT2D eigenvalue weighted by atomic mass is 16.6. The summed E-state index contributed by atoms with van der Waals surface area (Å²) in [7, 11) is 0. The van der Waals surface area contributed by atoms with E-state index in [9.17, 15) is 9.59 Å². The zero-order valence-corrected chi connectivity index (χ0v) is 12.6. The number of nitrogens with one attached hydrogen (secondary N) is 1. The maximum Gasteiger partial charge on any atom is 0.408 e. The molecule has 112 valence electrons. The average molecular weight is 280 g/mol. The first-order valence-electron chi connectivity index (χ1n) is 7.61. The van der Waals surface area contributed by atoms with Crippen LogP contribution in [0.4, 0.5) is 4.79 Å². The number of alkyl carbamates (subject to hydrolysis) is 1. The number of amides is 2. The molecule has 2 bridgehead atoms. The van der Waals surface area contributed by atoms with Crippen molar-refractivity contribution in [2.45, 2.75) is 70.1 Å². The van der Waals surface area contributed by atoms with Gasteiger partial charge < -0.3 is 15.0 Å². The van der Waals surface area contributed by atoms with Crippen molar-refractivity contribution in [3.63, 3.8) is 0 Å². The van der Waals surface area contributed by atoms with E-state index in [2.05, 4.69) is 5.32 Å². The summed E-state index contributed by atoms with van der Waals surface area (Å²) in [5.74, 6) is 0.789. The molecule has 0 spiro atoms. The van der Waals surface area contributed by atoms with E-state index in [0.29, 0.717) is 12.0 Å². The normalized spacial score (nSPS) is 30.2. The molecule has 3 rings (SSSR count). The van der Waals surface area contributed by atoms with Crippen LogP contribution in [0, 0.1) is 5.92 Å². The zero-order valence-electron chi connectivity index (χ0n) is 12.6. The molecule has 0 radical (unpaired) electrons. The fourth-order valence-electron chi connectivity index (χ4n) is 3.46. The summed E-state index contributed by atoms with van der Waals surface area (Å²) in [5, 5.41) is 2.81. The van der Waals surface area contributed by atoms with E-state index in [1.807, 2.05) is 25.7 Å². The van der Waals surface area contributed by atoms with Crippen LogP contribution in [0.5, 0.6) is 0 Å². The summed E-state index contributed by atoms with van der Waals surface area (Å²) >= 11 is 0. The highest BCUT2D eigenvalue weighted by Gasteiger charge is 2.56. The summed E-state index contributed by atoms with van der Waals surface area (Å²) in [6.45, 7) is 6.36. The van der Waals surface area contributed by atoms with Gasteiger partial charge in [0.05, 0.1) is 0 Å². The molecule has 1 N–H and O–H groups in total. The lowest BCUT2D eigenvalue weighted by Gasteiger charge is -2.31. The standard InChI is InChI=1S/C15H24N2O3/c1-14(2,3)20-13(19)16-15(6-7-15)12(18)17-9-10-4-5-11(17)8-10/h10-11H,4-9H2,1-3H3,(H,16,19). The first-order valence-corrected chi connectivity index (χ1v) is 7.61. The van der Waals surface area contributed by atoms with Crippen molar-refractivity contribution in [1.29, 1.82) is 0 Å². The van der Waals surface area contributed by atoms with Gasteiger partial charge in [-0.15, -0.1) is 0 Å². The third-order valence-corrected chi connectivity index (χ3v) is 4.57. The second-order valence-electron chi connectivity index (χ2n) is 7.50. The van der Waals surface area contributed by atoms with E-state index in [1.165, 1.54) is 6.42 Å². The molecule has 2 aliphatic carbocycles. The van der Waals surface area contributed by atoms with Crippen LogP contribution in [0.25, 0.3) is 0 Å². The van der Waals surface area contributed by atoms with Crippen molar-refractivity contribution >= 4 is 12.0 Å². The van der Waals surface area contributed by atoms with Gasteiger partial charge >= 0.3 is 6.09 Å². The quantitative estimate of drug-likeness (QED) is 0.842. The minimum atomic E-state index is -0.674. The van der Waals surface area contributed by atoms with Gasteiger partial charge in [-0.1, -0.05) is 0 Å². The van der Waals surface area contributed by atoms with Crippen LogP contribution in [0.1, 0.15) is 52.9 Å². The zero-order chi connectivity index (χ0) is 14.5. The minimum absolute atomic E-state index is 0.107. The Hall–Kier alpha value is -1.26. The third-order valence-electron chi connectivity index (χ3n) is 4.57. The number of nitrogens with zero attached hydrogens (tertiary/aromatic N) is 1. The van der Waals surface area contributed by atoms with E-state index in [1.54, 1.807) is 0 Å². The van der Waals surface area contributed by atoms with Crippen LogP contribution < -0.4 is 5.32 Å². The number of rotatable bonds is 2. The molecule has 3 fully saturated rings. The number of carbonyl (C=O) groups excluding carboxylic acids is 2. The largest absolute Gasteiger partial charge is 0.444 e. The van der Waals surface area contributed by atoms with Crippen molar-refractivity contribution in [3.8, 4) is 0 Å². The third kappa shape index (κ3) is 2.50. The van der Waals surface area contributed by atoms with Crippen LogP contribution in [-0.2, 0) is 9.53 Å². The molecular formula is C15H24N2O3. The summed E-state index contributed by atoms with van der Waals surface area (Å²) in [5.41, 5.74) is -1.21. The van der Waals surface area contributed by atoms with Gasteiger partial charge in [-0.05, 0) is 58.8 Å². The van der Waals surface area contributed by atoms with E-state index < -0.39 is 17.2 Å². The molecule has 5 nitrogen and oxygen atoms in total. The topological polar surface area (TPSA) is 58.6 Å². The van der Waals surface area contributed by atoms with Crippen molar-refractivity contribution < 1.29 is 14.3 Å². The summed E-state index contributed by atoms with van der Waals surface area (Å²) in [4.78, 5) is 26.6. The van der Waals surface area contributed by atoms with Gasteiger partial charge in [0.1, 0.15) is 11.1 Å². The summed E-state index contributed by atoms with van der Waals surface area (Å²) in [6, 6.07) is 0.408. The number of fused-ring (bicyclic) bond motifs is 2. The first-order chi connectivity index (χ1) is 9.29. The Bertz CT molecular complexity index is 437. The molecular weight excluding hydrogens is 256 g/mol. The van der Waals surface area contributed by atoms with Gasteiger partial charge in [-0.2, -0.15) is 0 Å². The van der Waals surface area contributed by atoms with Crippen LogP contribution >= 0.6 is 0 Å². The number of carbonyl (C=O) groups is 2. The van der Waals surface area contributed by atoms with Gasteiger partial charge in [0, 0.05) is 12.6 Å². The van der Waals surface area contributed by atoms with Gasteiger partial charge in [0.25, 0.3) is 0 Å². The average Bonchev–Trinajstić information content (AvgIpc) is 2.82. The minimum Gasteiger partial charge on any atom is -0.444 e. The Morgan fingerprint density at radius 3 is 2.40 bits per heavy atom. The molecule has 20 heavy (non-hydrogen) atoms. The number of hydrogen-bond donors (Lipinski definition) is 1. The predicted octanol–water partition coefficient (Wildman–Crippen LogP) is 2.05. The molecule has 0 aromatic heterocycles. The highest BCUT2D eigenvalue weighted by molar-refractivity contribution is 5.93. The van der Waals surface area contributed by atoms with E-state index in [4.69, 9.17) is 4.74 Å². The lowest BCUT2D eigenvalue weighted by molar-refractivity contribution is -0.136. The van der Waals surface area contributed by atoms with Crippen molar-refractivity contribution in [2.24, 2.45) is 5.92 Å². The molecule has 1 heterocycles.